The molecule has 1 aliphatic rings. The fourth-order valence-corrected chi connectivity index (χ4v) is 4.83. The third-order valence-electron chi connectivity index (χ3n) is 6.59. The highest BCUT2D eigenvalue weighted by molar-refractivity contribution is 5.90. The van der Waals surface area contributed by atoms with Crippen LogP contribution in [0, 0.1) is 0 Å². The van der Waals surface area contributed by atoms with Crippen LogP contribution in [0.25, 0.3) is 28.1 Å². The first-order valence-electron chi connectivity index (χ1n) is 11.9. The number of anilines is 1. The Morgan fingerprint density at radius 2 is 1.71 bits per heavy atom. The molecule has 0 radical (unpaired) electrons. The minimum absolute atomic E-state index is 0.294. The molecular formula is C27H27N7. The molecule has 0 saturated carbocycles. The van der Waals surface area contributed by atoms with Gasteiger partial charge in [-0.05, 0) is 43.6 Å². The number of aromatic nitrogens is 5. The van der Waals surface area contributed by atoms with Crippen molar-refractivity contribution in [3.8, 4) is 11.4 Å². The van der Waals surface area contributed by atoms with E-state index in [1.807, 2.05) is 35.0 Å². The van der Waals surface area contributed by atoms with Gasteiger partial charge in [-0.15, -0.1) is 0 Å². The Morgan fingerprint density at radius 1 is 0.882 bits per heavy atom. The molecule has 6 rings (SSSR count). The Hall–Kier alpha value is -3.84. The lowest BCUT2D eigenvalue weighted by molar-refractivity contribution is 0.170. The molecule has 1 unspecified atom stereocenters. The normalized spacial score (nSPS) is 15.5. The molecular weight excluding hydrogens is 422 g/mol. The van der Waals surface area contributed by atoms with Crippen molar-refractivity contribution in [1.82, 2.24) is 29.2 Å². The zero-order valence-corrected chi connectivity index (χ0v) is 19.0. The third-order valence-corrected chi connectivity index (χ3v) is 6.59. The van der Waals surface area contributed by atoms with E-state index < -0.39 is 0 Å². The van der Waals surface area contributed by atoms with Crippen LogP contribution >= 0.6 is 0 Å². The van der Waals surface area contributed by atoms with Crippen molar-refractivity contribution in [3.05, 3.63) is 84.9 Å². The molecule has 1 aliphatic heterocycles. The first-order chi connectivity index (χ1) is 16.8. The van der Waals surface area contributed by atoms with Crippen molar-refractivity contribution < 1.29 is 0 Å². The molecule has 0 spiro atoms. The summed E-state index contributed by atoms with van der Waals surface area (Å²) >= 11 is 0. The Morgan fingerprint density at radius 3 is 2.59 bits per heavy atom. The first kappa shape index (κ1) is 20.7. The quantitative estimate of drug-likeness (QED) is 0.394. The summed E-state index contributed by atoms with van der Waals surface area (Å²) in [6, 6.07) is 19.3. The number of hydrogen-bond acceptors (Lipinski definition) is 6. The van der Waals surface area contributed by atoms with Crippen molar-refractivity contribution in [2.24, 2.45) is 0 Å². The van der Waals surface area contributed by atoms with Crippen LogP contribution in [0.15, 0.2) is 79.4 Å². The van der Waals surface area contributed by atoms with Gasteiger partial charge >= 0.3 is 0 Å². The SMILES string of the molecule is c1ccc(C(CNc2nc(-c3cnc4nccn4c3)nc3ccccc23)N2CCCCC2)cc1. The van der Waals surface area contributed by atoms with Gasteiger partial charge < -0.3 is 5.32 Å². The Labute approximate surface area is 198 Å². The second-order valence-electron chi connectivity index (χ2n) is 8.79. The van der Waals surface area contributed by atoms with Gasteiger partial charge in [0.25, 0.3) is 0 Å². The molecule has 1 fully saturated rings. The summed E-state index contributed by atoms with van der Waals surface area (Å²) < 4.78 is 1.89. The van der Waals surface area contributed by atoms with E-state index in [1.54, 1.807) is 12.4 Å². The Balaban J connectivity index is 1.36. The summed E-state index contributed by atoms with van der Waals surface area (Å²) in [6.07, 6.45) is 11.2. The van der Waals surface area contributed by atoms with E-state index in [9.17, 15) is 0 Å². The molecule has 1 atom stereocenters. The number of hydrogen-bond donors (Lipinski definition) is 1. The second kappa shape index (κ2) is 9.19. The van der Waals surface area contributed by atoms with E-state index >= 15 is 0 Å². The third kappa shape index (κ3) is 4.10. The maximum atomic E-state index is 4.96. The number of nitrogens with zero attached hydrogens (tertiary/aromatic N) is 6. The van der Waals surface area contributed by atoms with Crippen LogP contribution < -0.4 is 5.32 Å². The average Bonchev–Trinajstić information content (AvgIpc) is 3.38. The average molecular weight is 450 g/mol. The molecule has 0 amide bonds. The zero-order chi connectivity index (χ0) is 22.7. The van der Waals surface area contributed by atoms with Gasteiger partial charge in [-0.25, -0.2) is 19.9 Å². The van der Waals surface area contributed by atoms with E-state index in [1.165, 1.54) is 24.8 Å². The monoisotopic (exact) mass is 449 g/mol. The maximum absolute atomic E-state index is 4.96. The first-order valence-corrected chi connectivity index (χ1v) is 11.9. The smallest absolute Gasteiger partial charge is 0.233 e. The predicted octanol–water partition coefficient (Wildman–Crippen LogP) is 4.98. The lowest BCUT2D eigenvalue weighted by Crippen LogP contribution is -2.37. The van der Waals surface area contributed by atoms with Gasteiger partial charge in [-0.1, -0.05) is 48.9 Å². The molecule has 2 aromatic carbocycles. The van der Waals surface area contributed by atoms with Crippen molar-refractivity contribution in [1.29, 1.82) is 0 Å². The number of rotatable bonds is 6. The van der Waals surface area contributed by atoms with Gasteiger partial charge in [-0.3, -0.25) is 9.30 Å². The minimum Gasteiger partial charge on any atom is -0.368 e. The molecule has 4 heterocycles. The highest BCUT2D eigenvalue weighted by atomic mass is 15.2. The van der Waals surface area contributed by atoms with Crippen LogP contribution in [-0.2, 0) is 0 Å². The standard InChI is InChI=1S/C27H27N7/c1-3-9-20(10-4-1)24(33-14-7-2-8-15-33)18-29-26-22-11-5-6-12-23(22)31-25(32-26)21-17-30-27-28-13-16-34(27)19-21/h1,3-6,9-13,16-17,19,24H,2,7-8,14-15,18H2,(H,29,31,32). The number of benzene rings is 2. The molecule has 7 heteroatoms. The summed E-state index contributed by atoms with van der Waals surface area (Å²) in [6.45, 7) is 3.05. The van der Waals surface area contributed by atoms with E-state index in [0.29, 0.717) is 17.6 Å². The highest BCUT2D eigenvalue weighted by Crippen LogP contribution is 2.28. The summed E-state index contributed by atoms with van der Waals surface area (Å²) in [5, 5.41) is 4.72. The largest absolute Gasteiger partial charge is 0.368 e. The lowest BCUT2D eigenvalue weighted by atomic mass is 10.0. The maximum Gasteiger partial charge on any atom is 0.233 e. The number of nitrogens with one attached hydrogen (secondary N) is 1. The zero-order valence-electron chi connectivity index (χ0n) is 19.0. The summed E-state index contributed by atoms with van der Waals surface area (Å²) in [7, 11) is 0. The van der Waals surface area contributed by atoms with Gasteiger partial charge in [0.05, 0.1) is 17.1 Å². The van der Waals surface area contributed by atoms with E-state index in [4.69, 9.17) is 9.97 Å². The van der Waals surface area contributed by atoms with Crippen LogP contribution in [0.5, 0.6) is 0 Å². The molecule has 0 aliphatic carbocycles. The van der Waals surface area contributed by atoms with Gasteiger partial charge in [0.2, 0.25) is 5.78 Å². The molecule has 1 saturated heterocycles. The van der Waals surface area contributed by atoms with Crippen molar-refractivity contribution in [2.75, 3.05) is 25.0 Å². The fourth-order valence-electron chi connectivity index (χ4n) is 4.83. The van der Waals surface area contributed by atoms with Gasteiger partial charge in [0.1, 0.15) is 5.82 Å². The molecule has 0 bridgehead atoms. The predicted molar refractivity (Wildman–Crippen MR) is 135 cm³/mol. The number of likely N-dealkylation sites (tertiary alicyclic amines) is 1. The van der Waals surface area contributed by atoms with Crippen molar-refractivity contribution >= 4 is 22.5 Å². The Kier molecular flexibility index (Phi) is 5.61. The molecule has 3 aromatic heterocycles. The molecule has 170 valence electrons. The summed E-state index contributed by atoms with van der Waals surface area (Å²) in [5.74, 6) is 2.16. The number of fused-ring (bicyclic) bond motifs is 2. The van der Waals surface area contributed by atoms with Crippen LogP contribution in [0.2, 0.25) is 0 Å². The lowest BCUT2D eigenvalue weighted by Gasteiger charge is -2.35. The topological polar surface area (TPSA) is 71.2 Å². The van der Waals surface area contributed by atoms with Gasteiger partial charge in [0, 0.05) is 36.7 Å². The van der Waals surface area contributed by atoms with Crippen LogP contribution in [0.1, 0.15) is 30.9 Å². The number of imidazole rings is 1. The van der Waals surface area contributed by atoms with Crippen molar-refractivity contribution in [2.45, 2.75) is 25.3 Å². The van der Waals surface area contributed by atoms with E-state index in [-0.39, 0.29) is 0 Å². The van der Waals surface area contributed by atoms with Crippen molar-refractivity contribution in [3.63, 3.8) is 0 Å². The second-order valence-corrected chi connectivity index (χ2v) is 8.79. The highest BCUT2D eigenvalue weighted by Gasteiger charge is 2.22. The van der Waals surface area contributed by atoms with Crippen LogP contribution in [0.3, 0.4) is 0 Å². The van der Waals surface area contributed by atoms with Crippen LogP contribution in [0.4, 0.5) is 5.82 Å². The molecule has 7 nitrogen and oxygen atoms in total. The van der Waals surface area contributed by atoms with E-state index in [0.717, 1.165) is 41.9 Å². The summed E-state index contributed by atoms with van der Waals surface area (Å²) in [5.41, 5.74) is 3.11. The fraction of sp³-hybridized carbons (Fsp3) is 0.259. The van der Waals surface area contributed by atoms with Gasteiger partial charge in [-0.2, -0.15) is 0 Å². The summed E-state index contributed by atoms with van der Waals surface area (Å²) in [4.78, 5) is 21.1. The van der Waals surface area contributed by atoms with E-state index in [2.05, 4.69) is 56.6 Å². The molecule has 34 heavy (non-hydrogen) atoms. The molecule has 5 aromatic rings. The number of para-hydroxylation sites is 1. The van der Waals surface area contributed by atoms with Crippen LogP contribution in [-0.4, -0.2) is 48.9 Å². The number of piperidine rings is 1. The minimum atomic E-state index is 0.294. The molecule has 1 N–H and O–H groups in total. The Bertz CT molecular complexity index is 1410. The van der Waals surface area contributed by atoms with Gasteiger partial charge in [0.15, 0.2) is 5.82 Å².